The number of likely N-dealkylation sites (N-methyl/N-ethyl adjacent to an activating group) is 1. The molecule has 148 valence electrons. The predicted molar refractivity (Wildman–Crippen MR) is 105 cm³/mol. The van der Waals surface area contributed by atoms with E-state index in [-0.39, 0.29) is 36.7 Å². The molecule has 8 heteroatoms. The van der Waals surface area contributed by atoms with Crippen molar-refractivity contribution in [3.63, 3.8) is 0 Å². The third kappa shape index (κ3) is 6.22. The number of anilines is 1. The van der Waals surface area contributed by atoms with Gasteiger partial charge in [0, 0.05) is 17.3 Å². The number of hydrogen-bond acceptors (Lipinski definition) is 3. The lowest BCUT2D eigenvalue weighted by Crippen LogP contribution is -3.15. The van der Waals surface area contributed by atoms with Crippen molar-refractivity contribution in [2.24, 2.45) is 11.7 Å². The van der Waals surface area contributed by atoms with E-state index >= 15 is 0 Å². The van der Waals surface area contributed by atoms with Crippen LogP contribution in [0.15, 0.2) is 18.2 Å². The van der Waals surface area contributed by atoms with Gasteiger partial charge in [0.1, 0.15) is 6.54 Å². The number of nitrogens with two attached hydrogens (primary N) is 1. The minimum Gasteiger partial charge on any atom is -0.369 e. The molecule has 1 aliphatic rings. The van der Waals surface area contributed by atoms with Crippen LogP contribution in [-0.2, 0) is 14.4 Å². The molecule has 2 rings (SSSR count). The van der Waals surface area contributed by atoms with Gasteiger partial charge in [-0.05, 0) is 44.4 Å². The van der Waals surface area contributed by atoms with E-state index in [0.29, 0.717) is 23.8 Å². The Morgan fingerprint density at radius 3 is 2.78 bits per heavy atom. The lowest BCUT2D eigenvalue weighted by molar-refractivity contribution is -0.899. The van der Waals surface area contributed by atoms with E-state index in [2.05, 4.69) is 5.32 Å². The zero-order valence-corrected chi connectivity index (χ0v) is 16.6. The van der Waals surface area contributed by atoms with Crippen LogP contribution < -0.4 is 16.0 Å². The van der Waals surface area contributed by atoms with Crippen molar-refractivity contribution in [3.05, 3.63) is 28.8 Å². The molecule has 4 N–H and O–H groups in total. The van der Waals surface area contributed by atoms with Crippen LogP contribution in [0.25, 0.3) is 0 Å². The van der Waals surface area contributed by atoms with E-state index in [9.17, 15) is 14.4 Å². The number of carbonyl (C=O) groups is 3. The Morgan fingerprint density at radius 2 is 2.11 bits per heavy atom. The number of aryl methyl sites for hydroxylation is 1. The fourth-order valence-corrected chi connectivity index (χ4v) is 3.52. The molecule has 0 aliphatic carbocycles. The number of rotatable bonds is 7. The first-order valence-corrected chi connectivity index (χ1v) is 9.64. The predicted octanol–water partition coefficient (Wildman–Crippen LogP) is 0.216. The molecule has 1 aliphatic heterocycles. The Bertz CT molecular complexity index is 710. The van der Waals surface area contributed by atoms with Crippen molar-refractivity contribution in [1.82, 2.24) is 4.90 Å². The number of quaternary nitrogens is 1. The summed E-state index contributed by atoms with van der Waals surface area (Å²) in [6, 6.07) is 5.28. The standard InChI is InChI=1S/C19H27ClN4O3/c1-3-24(11-17(25)22-16-9-15(20)7-6-13(16)2)18(26)12-23-8-4-5-14(10-23)19(21)27/h6-7,9,14H,3-5,8,10-12H2,1-2H3,(H2,21,27)(H,22,25)/p+1/t14-/m0/s1. The lowest BCUT2D eigenvalue weighted by Gasteiger charge is -2.29. The van der Waals surface area contributed by atoms with Crippen LogP contribution in [0, 0.1) is 12.8 Å². The van der Waals surface area contributed by atoms with Crippen LogP contribution in [0.2, 0.25) is 5.02 Å². The van der Waals surface area contributed by atoms with Gasteiger partial charge in [0.25, 0.3) is 5.91 Å². The van der Waals surface area contributed by atoms with E-state index in [0.717, 1.165) is 29.8 Å². The van der Waals surface area contributed by atoms with Crippen LogP contribution in [-0.4, -0.2) is 55.3 Å². The molecule has 0 bridgehead atoms. The number of likely N-dealkylation sites (tertiary alicyclic amines) is 1. The second-order valence-electron chi connectivity index (χ2n) is 7.04. The van der Waals surface area contributed by atoms with Crippen molar-refractivity contribution in [2.45, 2.75) is 26.7 Å². The molecule has 0 aromatic heterocycles. The lowest BCUT2D eigenvalue weighted by atomic mass is 9.97. The summed E-state index contributed by atoms with van der Waals surface area (Å²) in [6.07, 6.45) is 1.66. The van der Waals surface area contributed by atoms with Crippen LogP contribution in [0.1, 0.15) is 25.3 Å². The first kappa shape index (κ1) is 21.2. The summed E-state index contributed by atoms with van der Waals surface area (Å²) < 4.78 is 0. The second-order valence-corrected chi connectivity index (χ2v) is 7.47. The largest absolute Gasteiger partial charge is 0.369 e. The fraction of sp³-hybridized carbons (Fsp3) is 0.526. The third-order valence-corrected chi connectivity index (χ3v) is 5.20. The number of amides is 3. The highest BCUT2D eigenvalue weighted by molar-refractivity contribution is 6.31. The van der Waals surface area contributed by atoms with Gasteiger partial charge in [0.15, 0.2) is 6.54 Å². The maximum Gasteiger partial charge on any atom is 0.278 e. The average molecular weight is 396 g/mol. The number of primary amides is 1. The molecule has 2 atom stereocenters. The van der Waals surface area contributed by atoms with Crippen LogP contribution in [0.5, 0.6) is 0 Å². The minimum atomic E-state index is -0.303. The van der Waals surface area contributed by atoms with E-state index in [4.69, 9.17) is 17.3 Å². The highest BCUT2D eigenvalue weighted by atomic mass is 35.5. The molecule has 7 nitrogen and oxygen atoms in total. The molecule has 1 unspecified atom stereocenters. The molecule has 1 saturated heterocycles. The molecule has 0 radical (unpaired) electrons. The molecule has 1 heterocycles. The highest BCUT2D eigenvalue weighted by Crippen LogP contribution is 2.20. The maximum absolute atomic E-state index is 12.6. The number of piperidine rings is 1. The minimum absolute atomic E-state index is 0.0200. The van der Waals surface area contributed by atoms with Gasteiger partial charge in [0.05, 0.1) is 19.0 Å². The highest BCUT2D eigenvalue weighted by Gasteiger charge is 2.29. The first-order chi connectivity index (χ1) is 12.8. The van der Waals surface area contributed by atoms with Gasteiger partial charge in [-0.15, -0.1) is 0 Å². The van der Waals surface area contributed by atoms with E-state index in [1.54, 1.807) is 12.1 Å². The Kier molecular flexibility index (Phi) is 7.62. The number of nitrogens with one attached hydrogen (secondary N) is 2. The van der Waals surface area contributed by atoms with E-state index in [1.165, 1.54) is 4.90 Å². The summed E-state index contributed by atoms with van der Waals surface area (Å²) in [5.74, 6) is -0.844. The topological polar surface area (TPSA) is 96.9 Å². The van der Waals surface area contributed by atoms with Gasteiger partial charge in [-0.3, -0.25) is 14.4 Å². The molecule has 1 fully saturated rings. The van der Waals surface area contributed by atoms with E-state index < -0.39 is 0 Å². The molecule has 3 amide bonds. The summed E-state index contributed by atoms with van der Waals surface area (Å²) in [6.45, 7) is 5.81. The summed E-state index contributed by atoms with van der Waals surface area (Å²) in [5, 5.41) is 3.35. The molecular weight excluding hydrogens is 368 g/mol. The SMILES string of the molecule is CCN(CC(=O)Nc1cc(Cl)ccc1C)C(=O)C[NH+]1CCC[C@H](C(N)=O)C1. The van der Waals surface area contributed by atoms with Gasteiger partial charge in [0.2, 0.25) is 11.8 Å². The van der Waals surface area contributed by atoms with Crippen molar-refractivity contribution in [2.75, 3.05) is 38.0 Å². The maximum atomic E-state index is 12.6. The molecule has 1 aromatic rings. The molecule has 1 aromatic carbocycles. The smallest absolute Gasteiger partial charge is 0.278 e. The number of nitrogens with zero attached hydrogens (tertiary/aromatic N) is 1. The molecule has 0 spiro atoms. The third-order valence-electron chi connectivity index (χ3n) is 4.96. The number of hydrogen-bond donors (Lipinski definition) is 3. The molecular formula is C19H28ClN4O3+. The van der Waals surface area contributed by atoms with Crippen LogP contribution >= 0.6 is 11.6 Å². The summed E-state index contributed by atoms with van der Waals surface area (Å²) in [5.41, 5.74) is 6.94. The Hall–Kier alpha value is -2.12. The summed E-state index contributed by atoms with van der Waals surface area (Å²) in [7, 11) is 0. The number of halogens is 1. The monoisotopic (exact) mass is 395 g/mol. The first-order valence-electron chi connectivity index (χ1n) is 9.26. The number of benzene rings is 1. The van der Waals surface area contributed by atoms with Crippen LogP contribution in [0.4, 0.5) is 5.69 Å². The molecule has 27 heavy (non-hydrogen) atoms. The van der Waals surface area contributed by atoms with Gasteiger partial charge in [-0.1, -0.05) is 17.7 Å². The van der Waals surface area contributed by atoms with E-state index in [1.807, 2.05) is 19.9 Å². The van der Waals surface area contributed by atoms with Crippen molar-refractivity contribution >= 4 is 35.0 Å². The van der Waals surface area contributed by atoms with Crippen LogP contribution in [0.3, 0.4) is 0 Å². The Morgan fingerprint density at radius 1 is 1.37 bits per heavy atom. The van der Waals surface area contributed by atoms with Crippen molar-refractivity contribution < 1.29 is 19.3 Å². The summed E-state index contributed by atoms with van der Waals surface area (Å²) in [4.78, 5) is 38.9. The fourth-order valence-electron chi connectivity index (χ4n) is 3.35. The Labute approximate surface area is 164 Å². The normalized spacial score (nSPS) is 19.4. The zero-order chi connectivity index (χ0) is 20.0. The zero-order valence-electron chi connectivity index (χ0n) is 15.9. The second kappa shape index (κ2) is 9.71. The average Bonchev–Trinajstić information content (AvgIpc) is 2.62. The molecule has 0 saturated carbocycles. The van der Waals surface area contributed by atoms with Gasteiger partial charge in [-0.25, -0.2) is 0 Å². The van der Waals surface area contributed by atoms with Gasteiger partial charge < -0.3 is 20.9 Å². The Balaban J connectivity index is 1.91. The van der Waals surface area contributed by atoms with Gasteiger partial charge >= 0.3 is 0 Å². The van der Waals surface area contributed by atoms with Crippen molar-refractivity contribution in [1.29, 1.82) is 0 Å². The summed E-state index contributed by atoms with van der Waals surface area (Å²) >= 11 is 5.97. The van der Waals surface area contributed by atoms with Gasteiger partial charge in [-0.2, -0.15) is 0 Å². The quantitative estimate of drug-likeness (QED) is 0.616. The number of carbonyl (C=O) groups excluding carboxylic acids is 3. The van der Waals surface area contributed by atoms with Crippen molar-refractivity contribution in [3.8, 4) is 0 Å².